The number of hydrogen-bond donors (Lipinski definition) is 2. The molecule has 7 nitrogen and oxygen atoms in total. The molecule has 0 aromatic carbocycles. The van der Waals surface area contributed by atoms with E-state index in [9.17, 15) is 27.6 Å². The van der Waals surface area contributed by atoms with Crippen molar-refractivity contribution in [3.8, 4) is 6.07 Å². The van der Waals surface area contributed by atoms with Crippen molar-refractivity contribution in [2.75, 3.05) is 19.6 Å². The van der Waals surface area contributed by atoms with Crippen LogP contribution >= 0.6 is 0 Å². The third kappa shape index (κ3) is 13.0. The highest BCUT2D eigenvalue weighted by molar-refractivity contribution is 5.87. The Morgan fingerprint density at radius 3 is 2.07 bits per heavy atom. The molecule has 1 aliphatic rings. The summed E-state index contributed by atoms with van der Waals surface area (Å²) in [7, 11) is 0. The Hall–Kier alpha value is -2.31. The standard InChI is InChI=1S/C11H17F3N2O2.C5H8N2O.C4H10/c1-7-5-16(6-10(7,2)3)8(17)4-15-9(18)11(12,13)14;1-2-5(3-6)7-4-8;1-4(2)3/h7H,4-6H2,1-3H3,(H,15,18);4-5H,2H2,1H3,(H,7,8);4H,1-3H3/t7-;;/m0../s1. The summed E-state index contributed by atoms with van der Waals surface area (Å²) in [6.07, 6.45) is -3.75. The molecular formula is C20H35F3N4O3. The summed E-state index contributed by atoms with van der Waals surface area (Å²) in [6, 6.07) is 1.60. The summed E-state index contributed by atoms with van der Waals surface area (Å²) in [5.41, 5.74) is -0.0519. The third-order valence-electron chi connectivity index (χ3n) is 4.27. The van der Waals surface area contributed by atoms with Crippen LogP contribution in [0.25, 0.3) is 0 Å². The second-order valence-electron chi connectivity index (χ2n) is 8.45. The lowest BCUT2D eigenvalue weighted by Gasteiger charge is -2.22. The van der Waals surface area contributed by atoms with Gasteiger partial charge in [-0.2, -0.15) is 18.4 Å². The van der Waals surface area contributed by atoms with Crippen LogP contribution in [-0.2, 0) is 14.4 Å². The highest BCUT2D eigenvalue weighted by Crippen LogP contribution is 2.34. The molecule has 2 atom stereocenters. The maximum Gasteiger partial charge on any atom is 0.471 e. The van der Waals surface area contributed by atoms with Gasteiger partial charge < -0.3 is 15.5 Å². The Morgan fingerprint density at radius 2 is 1.80 bits per heavy atom. The SMILES string of the molecule is CC(C)C.CCC(C#N)NC=O.C[C@H]1CN(C(=O)CNC(=O)C(F)(F)F)CC1(C)C. The monoisotopic (exact) mass is 436 g/mol. The van der Waals surface area contributed by atoms with Crippen molar-refractivity contribution in [3.63, 3.8) is 0 Å². The first-order valence-electron chi connectivity index (χ1n) is 9.84. The zero-order valence-electron chi connectivity index (χ0n) is 18.9. The molecule has 2 N–H and O–H groups in total. The number of carbonyl (C=O) groups excluding carboxylic acids is 3. The molecule has 0 bridgehead atoms. The summed E-state index contributed by atoms with van der Waals surface area (Å²) in [5.74, 6) is -1.45. The van der Waals surface area contributed by atoms with Gasteiger partial charge in [-0.3, -0.25) is 14.4 Å². The highest BCUT2D eigenvalue weighted by Gasteiger charge is 2.41. The normalized spacial score (nSPS) is 18.1. The van der Waals surface area contributed by atoms with Crippen molar-refractivity contribution < 1.29 is 27.6 Å². The molecule has 0 aromatic heterocycles. The molecule has 30 heavy (non-hydrogen) atoms. The van der Waals surface area contributed by atoms with Crippen molar-refractivity contribution >= 4 is 18.2 Å². The summed E-state index contributed by atoms with van der Waals surface area (Å²) in [5, 5.41) is 12.1. The number of nitrogens with zero attached hydrogens (tertiary/aromatic N) is 2. The number of alkyl halides is 3. The Labute approximate surface area is 177 Å². The maximum absolute atomic E-state index is 11.9. The molecule has 0 saturated carbocycles. The zero-order chi connectivity index (χ0) is 24.1. The Morgan fingerprint density at radius 1 is 1.30 bits per heavy atom. The van der Waals surface area contributed by atoms with E-state index in [1.165, 1.54) is 4.90 Å². The van der Waals surface area contributed by atoms with E-state index >= 15 is 0 Å². The molecule has 0 radical (unpaired) electrons. The average molecular weight is 437 g/mol. The lowest BCUT2D eigenvalue weighted by molar-refractivity contribution is -0.174. The summed E-state index contributed by atoms with van der Waals surface area (Å²) in [6.45, 7) is 14.7. The van der Waals surface area contributed by atoms with Crippen molar-refractivity contribution in [3.05, 3.63) is 0 Å². The second kappa shape index (κ2) is 13.8. The molecule has 1 saturated heterocycles. The lowest BCUT2D eigenvalue weighted by Crippen LogP contribution is -2.44. The molecule has 1 unspecified atom stereocenters. The highest BCUT2D eigenvalue weighted by atomic mass is 19.4. The van der Waals surface area contributed by atoms with Crippen LogP contribution in [0.5, 0.6) is 0 Å². The minimum Gasteiger partial charge on any atom is -0.343 e. The largest absolute Gasteiger partial charge is 0.471 e. The number of amides is 3. The van der Waals surface area contributed by atoms with Gasteiger partial charge in [0, 0.05) is 13.1 Å². The van der Waals surface area contributed by atoms with Gasteiger partial charge in [0.1, 0.15) is 6.04 Å². The molecule has 0 aliphatic carbocycles. The van der Waals surface area contributed by atoms with E-state index in [2.05, 4.69) is 26.1 Å². The van der Waals surface area contributed by atoms with Crippen LogP contribution < -0.4 is 10.6 Å². The van der Waals surface area contributed by atoms with E-state index in [4.69, 9.17) is 5.26 Å². The van der Waals surface area contributed by atoms with E-state index in [1.807, 2.05) is 33.8 Å². The molecule has 0 aromatic rings. The van der Waals surface area contributed by atoms with Crippen LogP contribution in [0.1, 0.15) is 54.9 Å². The molecule has 1 aliphatic heterocycles. The number of rotatable bonds is 5. The van der Waals surface area contributed by atoms with Crippen LogP contribution in [0, 0.1) is 28.6 Å². The number of likely N-dealkylation sites (tertiary alicyclic amines) is 1. The topological polar surface area (TPSA) is 102 Å². The molecule has 1 rings (SSSR count). The zero-order valence-corrected chi connectivity index (χ0v) is 18.9. The number of nitriles is 1. The van der Waals surface area contributed by atoms with Crippen LogP contribution in [0.2, 0.25) is 0 Å². The van der Waals surface area contributed by atoms with Gasteiger partial charge in [-0.15, -0.1) is 0 Å². The van der Waals surface area contributed by atoms with E-state index in [0.717, 1.165) is 5.92 Å². The molecule has 1 fully saturated rings. The van der Waals surface area contributed by atoms with Gasteiger partial charge in [0.05, 0.1) is 12.6 Å². The first-order chi connectivity index (χ1) is 13.6. The van der Waals surface area contributed by atoms with Crippen molar-refractivity contribution in [2.24, 2.45) is 17.3 Å². The van der Waals surface area contributed by atoms with Gasteiger partial charge in [-0.05, 0) is 23.7 Å². The fourth-order valence-corrected chi connectivity index (χ4v) is 2.18. The van der Waals surface area contributed by atoms with E-state index in [0.29, 0.717) is 25.9 Å². The van der Waals surface area contributed by atoms with Crippen molar-refractivity contribution in [1.82, 2.24) is 15.5 Å². The van der Waals surface area contributed by atoms with E-state index < -0.39 is 24.5 Å². The fraction of sp³-hybridized carbons (Fsp3) is 0.800. The van der Waals surface area contributed by atoms with Crippen molar-refractivity contribution in [1.29, 1.82) is 5.26 Å². The Balaban J connectivity index is 0. The molecule has 174 valence electrons. The first-order valence-corrected chi connectivity index (χ1v) is 9.84. The maximum atomic E-state index is 11.9. The quantitative estimate of drug-likeness (QED) is 0.647. The number of halogens is 3. The minimum absolute atomic E-state index is 0.0519. The van der Waals surface area contributed by atoms with E-state index in [-0.39, 0.29) is 17.4 Å². The summed E-state index contributed by atoms with van der Waals surface area (Å²) < 4.78 is 35.8. The fourth-order valence-electron chi connectivity index (χ4n) is 2.18. The molecule has 0 spiro atoms. The first kappa shape index (κ1) is 29.9. The molecule has 1 heterocycles. The summed E-state index contributed by atoms with van der Waals surface area (Å²) >= 11 is 0. The van der Waals surface area contributed by atoms with Gasteiger partial charge in [-0.1, -0.05) is 48.5 Å². The minimum atomic E-state index is -4.95. The van der Waals surface area contributed by atoms with Gasteiger partial charge >= 0.3 is 12.1 Å². The van der Waals surface area contributed by atoms with Crippen molar-refractivity contribution in [2.45, 2.75) is 67.1 Å². The second-order valence-corrected chi connectivity index (χ2v) is 8.45. The number of hydrogen-bond acceptors (Lipinski definition) is 4. The van der Waals surface area contributed by atoms with Crippen LogP contribution in [0.3, 0.4) is 0 Å². The number of carbonyl (C=O) groups is 3. The Bertz CT molecular complexity index is 584. The lowest BCUT2D eigenvalue weighted by atomic mass is 9.84. The average Bonchev–Trinajstić information content (AvgIpc) is 2.89. The molecular weight excluding hydrogens is 401 g/mol. The predicted octanol–water partition coefficient (Wildman–Crippen LogP) is 2.87. The molecule has 3 amide bonds. The molecule has 10 heteroatoms. The van der Waals surface area contributed by atoms with Crippen LogP contribution in [0.4, 0.5) is 13.2 Å². The van der Waals surface area contributed by atoms with Gasteiger partial charge in [0.2, 0.25) is 12.3 Å². The van der Waals surface area contributed by atoms with Crippen LogP contribution in [0.15, 0.2) is 0 Å². The number of nitrogens with one attached hydrogen (secondary N) is 2. The predicted molar refractivity (Wildman–Crippen MR) is 108 cm³/mol. The van der Waals surface area contributed by atoms with Gasteiger partial charge in [0.25, 0.3) is 0 Å². The van der Waals surface area contributed by atoms with Gasteiger partial charge in [0.15, 0.2) is 0 Å². The van der Waals surface area contributed by atoms with Gasteiger partial charge in [-0.25, -0.2) is 0 Å². The van der Waals surface area contributed by atoms with E-state index in [1.54, 1.807) is 5.32 Å². The smallest absolute Gasteiger partial charge is 0.343 e. The third-order valence-corrected chi connectivity index (χ3v) is 4.27. The Kier molecular flexibility index (Phi) is 13.8. The van der Waals surface area contributed by atoms with Crippen LogP contribution in [-0.4, -0.2) is 55.0 Å². The summed E-state index contributed by atoms with van der Waals surface area (Å²) in [4.78, 5) is 33.4.